The van der Waals surface area contributed by atoms with E-state index in [2.05, 4.69) is 150 Å². The van der Waals surface area contributed by atoms with Crippen molar-refractivity contribution >= 4 is 21.8 Å². The van der Waals surface area contributed by atoms with Crippen LogP contribution in [0.25, 0.3) is 49.7 Å². The summed E-state index contributed by atoms with van der Waals surface area (Å²) >= 11 is 0. The minimum atomic E-state index is -0.0718. The molecule has 0 unspecified atom stereocenters. The van der Waals surface area contributed by atoms with Gasteiger partial charge >= 0.3 is 0 Å². The number of hydrogen-bond donors (Lipinski definition) is 0. The first-order valence-electron chi connectivity index (χ1n) is 15.3. The van der Waals surface area contributed by atoms with E-state index in [1.54, 1.807) is 0 Å². The van der Waals surface area contributed by atoms with Gasteiger partial charge < -0.3 is 4.57 Å². The van der Waals surface area contributed by atoms with E-state index in [1.807, 2.05) is 18.2 Å². The van der Waals surface area contributed by atoms with Crippen molar-refractivity contribution in [1.82, 2.24) is 4.57 Å². The maximum Gasteiger partial charge on any atom is 0.0850 e. The zero-order valence-electron chi connectivity index (χ0n) is 25.0. The largest absolute Gasteiger partial charge is 0.309 e. The molecular weight excluding hydrogens is 534 g/mol. The molecule has 1 aromatic heterocycles. The second-order valence-electron chi connectivity index (χ2n) is 12.2. The smallest absolute Gasteiger partial charge is 0.0850 e. The second kappa shape index (κ2) is 10.5. The highest BCUT2D eigenvalue weighted by atomic mass is 15.1. The molecule has 1 aliphatic carbocycles. The summed E-state index contributed by atoms with van der Waals surface area (Å²) in [7, 11) is 0. The third-order valence-corrected chi connectivity index (χ3v) is 9.20. The summed E-state index contributed by atoms with van der Waals surface area (Å²) in [6.07, 6.45) is 0. The zero-order valence-corrected chi connectivity index (χ0v) is 25.0. The number of azo groups is 1. The Labute approximate surface area is 258 Å². The highest BCUT2D eigenvalue weighted by Crippen LogP contribution is 2.53. The van der Waals surface area contributed by atoms with E-state index in [0.717, 1.165) is 11.3 Å². The molecule has 0 atom stereocenters. The van der Waals surface area contributed by atoms with Crippen molar-refractivity contribution in [2.45, 2.75) is 32.4 Å². The lowest BCUT2D eigenvalue weighted by molar-refractivity contribution is 0.661. The van der Waals surface area contributed by atoms with Crippen LogP contribution in [0.3, 0.4) is 0 Å². The van der Waals surface area contributed by atoms with Gasteiger partial charge in [-0.05, 0) is 63.2 Å². The van der Waals surface area contributed by atoms with Crippen molar-refractivity contribution in [3.8, 4) is 27.9 Å². The van der Waals surface area contributed by atoms with Crippen LogP contribution in [0.2, 0.25) is 0 Å². The summed E-state index contributed by atoms with van der Waals surface area (Å²) < 4.78 is 2.47. The Morgan fingerprint density at radius 2 is 1.25 bits per heavy atom. The Morgan fingerprint density at radius 1 is 0.545 bits per heavy atom. The van der Waals surface area contributed by atoms with Crippen molar-refractivity contribution in [2.24, 2.45) is 10.2 Å². The van der Waals surface area contributed by atoms with Crippen LogP contribution in [0, 0.1) is 0 Å². The first kappa shape index (κ1) is 26.4. The average molecular weight is 568 g/mol. The first-order chi connectivity index (χ1) is 21.6. The number of hydrogen-bond acceptors (Lipinski definition) is 2. The second-order valence-corrected chi connectivity index (χ2v) is 12.2. The normalized spacial score (nSPS) is 13.5. The van der Waals surface area contributed by atoms with E-state index in [1.165, 1.54) is 60.8 Å². The van der Waals surface area contributed by atoms with Crippen LogP contribution in [-0.2, 0) is 18.5 Å². The van der Waals surface area contributed by atoms with Crippen molar-refractivity contribution in [1.29, 1.82) is 0 Å². The Bertz CT molecular complexity index is 2190. The number of nitrogens with zero attached hydrogens (tertiary/aromatic N) is 3. The average Bonchev–Trinajstić information content (AvgIpc) is 3.52. The predicted molar refractivity (Wildman–Crippen MR) is 182 cm³/mol. The minimum Gasteiger partial charge on any atom is -0.309 e. The van der Waals surface area contributed by atoms with Gasteiger partial charge in [-0.2, -0.15) is 10.2 Å². The van der Waals surface area contributed by atoms with Crippen LogP contribution >= 0.6 is 0 Å². The Balaban J connectivity index is 1.32. The van der Waals surface area contributed by atoms with Gasteiger partial charge in [-0.25, -0.2) is 0 Å². The molecule has 0 radical (unpaired) electrons. The van der Waals surface area contributed by atoms with Gasteiger partial charge in [0.25, 0.3) is 0 Å². The fourth-order valence-corrected chi connectivity index (χ4v) is 7.01. The molecule has 0 saturated carbocycles. The quantitative estimate of drug-likeness (QED) is 0.179. The minimum absolute atomic E-state index is 0.0718. The number of fused-ring (bicyclic) bond motifs is 7. The molecule has 44 heavy (non-hydrogen) atoms. The summed E-state index contributed by atoms with van der Waals surface area (Å²) in [5.74, 6) is 0. The number of rotatable bonds is 6. The Hall–Kier alpha value is -5.28. The van der Waals surface area contributed by atoms with E-state index in [9.17, 15) is 0 Å². The summed E-state index contributed by atoms with van der Waals surface area (Å²) in [4.78, 5) is 0. The van der Waals surface area contributed by atoms with E-state index in [0.29, 0.717) is 13.1 Å². The third-order valence-electron chi connectivity index (χ3n) is 9.20. The van der Waals surface area contributed by atoms with Gasteiger partial charge in [0, 0.05) is 27.4 Å². The summed E-state index contributed by atoms with van der Waals surface area (Å²) in [6.45, 7) is 5.85. The lowest BCUT2D eigenvalue weighted by Gasteiger charge is -2.21. The van der Waals surface area contributed by atoms with Crippen LogP contribution in [0.4, 0.5) is 0 Å². The van der Waals surface area contributed by atoms with Gasteiger partial charge in [0.1, 0.15) is 0 Å². The van der Waals surface area contributed by atoms with Crippen LogP contribution in [0.15, 0.2) is 150 Å². The zero-order chi connectivity index (χ0) is 29.7. The first-order valence-corrected chi connectivity index (χ1v) is 15.3. The van der Waals surface area contributed by atoms with Crippen LogP contribution < -0.4 is 0 Å². The van der Waals surface area contributed by atoms with Crippen molar-refractivity contribution < 1.29 is 0 Å². The van der Waals surface area contributed by atoms with Gasteiger partial charge in [0.05, 0.1) is 24.1 Å². The van der Waals surface area contributed by atoms with Gasteiger partial charge in [-0.3, -0.25) is 0 Å². The SMILES string of the molecule is CC1(C)c2ccccc2-c2c1ccc1c3cc(-c4ccccc4)ccc3n(-c3cccc(CN=NCc4ccccc4)c3)c21. The topological polar surface area (TPSA) is 29.6 Å². The summed E-state index contributed by atoms with van der Waals surface area (Å²) in [6, 6.07) is 50.3. The number of aromatic nitrogens is 1. The lowest BCUT2D eigenvalue weighted by Crippen LogP contribution is -2.14. The van der Waals surface area contributed by atoms with Crippen molar-refractivity contribution in [3.63, 3.8) is 0 Å². The molecule has 0 amide bonds. The molecule has 7 aromatic rings. The van der Waals surface area contributed by atoms with Crippen molar-refractivity contribution in [3.05, 3.63) is 162 Å². The molecule has 6 aromatic carbocycles. The standard InChI is InChI=1S/C41H33N3/c1-41(2)36-19-10-9-18-34(36)39-37(41)22-21-33-35-25-31(30-15-7-4-8-16-30)20-23-38(35)44(40(33)39)32-17-11-14-29(24-32)27-43-42-26-28-12-5-3-6-13-28/h3-25H,26-27H2,1-2H3. The monoisotopic (exact) mass is 567 g/mol. The molecule has 0 N–H and O–H groups in total. The van der Waals surface area contributed by atoms with Gasteiger partial charge in [0.2, 0.25) is 0 Å². The molecule has 3 nitrogen and oxygen atoms in total. The van der Waals surface area contributed by atoms with E-state index in [4.69, 9.17) is 0 Å². The van der Waals surface area contributed by atoms with Gasteiger partial charge in [0.15, 0.2) is 0 Å². The van der Waals surface area contributed by atoms with Gasteiger partial charge in [-0.1, -0.05) is 129 Å². The molecule has 0 spiro atoms. The maximum absolute atomic E-state index is 4.55. The summed E-state index contributed by atoms with van der Waals surface area (Å²) in [5, 5.41) is 11.6. The molecular formula is C41H33N3. The maximum atomic E-state index is 4.55. The molecule has 0 fully saturated rings. The molecule has 0 bridgehead atoms. The Morgan fingerprint density at radius 3 is 2.07 bits per heavy atom. The Kier molecular flexibility index (Phi) is 6.27. The van der Waals surface area contributed by atoms with Crippen LogP contribution in [-0.4, -0.2) is 4.57 Å². The van der Waals surface area contributed by atoms with Crippen molar-refractivity contribution in [2.75, 3.05) is 0 Å². The van der Waals surface area contributed by atoms with Crippen LogP contribution in [0.1, 0.15) is 36.1 Å². The third kappa shape index (κ3) is 4.27. The van der Waals surface area contributed by atoms with Gasteiger partial charge in [-0.15, -0.1) is 0 Å². The molecule has 212 valence electrons. The highest BCUT2D eigenvalue weighted by Gasteiger charge is 2.37. The molecule has 0 saturated heterocycles. The molecule has 1 heterocycles. The van der Waals surface area contributed by atoms with E-state index in [-0.39, 0.29) is 5.41 Å². The molecule has 3 heteroatoms. The fourth-order valence-electron chi connectivity index (χ4n) is 7.01. The van der Waals surface area contributed by atoms with E-state index >= 15 is 0 Å². The number of benzene rings is 6. The lowest BCUT2D eigenvalue weighted by atomic mass is 9.82. The van der Waals surface area contributed by atoms with E-state index < -0.39 is 0 Å². The predicted octanol–water partition coefficient (Wildman–Crippen LogP) is 10.9. The summed E-state index contributed by atoms with van der Waals surface area (Å²) in [5.41, 5.74) is 13.7. The molecule has 8 rings (SSSR count). The fraction of sp³-hybridized carbons (Fsp3) is 0.122. The molecule has 1 aliphatic rings. The highest BCUT2D eigenvalue weighted by molar-refractivity contribution is 6.16. The molecule has 0 aliphatic heterocycles. The van der Waals surface area contributed by atoms with Crippen LogP contribution in [0.5, 0.6) is 0 Å².